The second kappa shape index (κ2) is 11.9. The van der Waals surface area contributed by atoms with Gasteiger partial charge in [-0.3, -0.25) is 14.3 Å². The highest BCUT2D eigenvalue weighted by atomic mass is 32.1. The number of rotatable bonds is 7. The van der Waals surface area contributed by atoms with Gasteiger partial charge in [0, 0.05) is 35.6 Å². The Balaban J connectivity index is 0.000000785. The Morgan fingerprint density at radius 2 is 1.81 bits per heavy atom. The molecule has 0 fully saturated rings. The molecule has 2 atom stereocenters. The van der Waals surface area contributed by atoms with Crippen LogP contribution >= 0.6 is 18.9 Å². The predicted molar refractivity (Wildman–Crippen MR) is 128 cm³/mol. The van der Waals surface area contributed by atoms with E-state index in [1.54, 1.807) is 35.6 Å². The highest BCUT2D eigenvalue weighted by Gasteiger charge is 2.29. The lowest BCUT2D eigenvalue weighted by Crippen LogP contribution is -2.44. The normalized spacial score (nSPS) is 18.6. The topological polar surface area (TPSA) is 89.9 Å². The maximum Gasteiger partial charge on any atom is 0.329 e. The lowest BCUT2D eigenvalue weighted by molar-refractivity contribution is 0.0930. The molecule has 3 rings (SSSR count). The molecule has 1 aromatic heterocycles. The minimum atomic E-state index is -4.10. The summed E-state index contributed by atoms with van der Waals surface area (Å²) in [5, 5.41) is 5.09. The molecule has 0 saturated heterocycles. The van der Waals surface area contributed by atoms with E-state index in [-0.39, 0.29) is 12.1 Å². The Kier molecular flexibility index (Phi) is 9.91. The minimum absolute atomic E-state index is 0.174. The summed E-state index contributed by atoms with van der Waals surface area (Å²) in [5.74, 6) is -0.174. The first-order valence-corrected chi connectivity index (χ1v) is 13.6. The first-order chi connectivity index (χ1) is 14.7. The van der Waals surface area contributed by atoms with Gasteiger partial charge in [-0.05, 0) is 55.0 Å². The van der Waals surface area contributed by atoms with Crippen LogP contribution in [0.2, 0.25) is 0 Å². The third-order valence-electron chi connectivity index (χ3n) is 5.50. The molecule has 1 amide bonds. The largest absolute Gasteiger partial charge is 0.351 e. The molecule has 8 heteroatoms. The molecular formula is C23H35N2O4PS. The lowest BCUT2D eigenvalue weighted by Gasteiger charge is -2.38. The van der Waals surface area contributed by atoms with Gasteiger partial charge in [0.15, 0.2) is 0 Å². The summed E-state index contributed by atoms with van der Waals surface area (Å²) < 4.78 is 11.0. The fraction of sp³-hybridized carbons (Fsp3) is 0.522. The number of hydrogen-bond donors (Lipinski definition) is 3. The van der Waals surface area contributed by atoms with Crippen LogP contribution in [-0.2, 0) is 17.1 Å². The minimum Gasteiger partial charge on any atom is -0.351 e. The van der Waals surface area contributed by atoms with E-state index in [1.807, 2.05) is 0 Å². The Bertz CT molecular complexity index is 876. The first kappa shape index (κ1) is 25.8. The lowest BCUT2D eigenvalue weighted by atomic mass is 9.97. The van der Waals surface area contributed by atoms with Crippen molar-refractivity contribution in [1.29, 1.82) is 0 Å². The summed E-state index contributed by atoms with van der Waals surface area (Å²) in [6.45, 7) is 10.1. The molecule has 31 heavy (non-hydrogen) atoms. The number of carbonyl (C=O) groups excluding carboxylic acids is 1. The molecule has 1 aliphatic rings. The SMILES string of the molecule is CCCC.C[C@@H]1Cc2ccsc2[C@H](C)N1CCNC(=O)c1ccc(CP(=O)(O)O)cc1. The molecule has 0 aliphatic carbocycles. The van der Waals surface area contributed by atoms with Gasteiger partial charge in [0.2, 0.25) is 0 Å². The Morgan fingerprint density at radius 3 is 2.39 bits per heavy atom. The van der Waals surface area contributed by atoms with Crippen LogP contribution < -0.4 is 5.32 Å². The zero-order valence-electron chi connectivity index (χ0n) is 18.9. The maximum atomic E-state index is 12.3. The summed E-state index contributed by atoms with van der Waals surface area (Å²) in [4.78, 5) is 34.2. The van der Waals surface area contributed by atoms with Gasteiger partial charge < -0.3 is 15.1 Å². The van der Waals surface area contributed by atoms with Gasteiger partial charge in [-0.2, -0.15) is 0 Å². The third kappa shape index (κ3) is 7.85. The fourth-order valence-corrected chi connectivity index (χ4v) is 5.37. The molecule has 2 aromatic rings. The summed E-state index contributed by atoms with van der Waals surface area (Å²) in [7, 11) is -4.10. The van der Waals surface area contributed by atoms with Crippen LogP contribution in [0.25, 0.3) is 0 Å². The van der Waals surface area contributed by atoms with E-state index in [0.29, 0.717) is 29.8 Å². The standard InChI is InChI=1S/C19H25N2O4PS.C4H10/c1-13-11-17-7-10-27-18(17)14(2)21(13)9-8-20-19(22)16-5-3-15(4-6-16)12-26(23,24)25;1-3-4-2/h3-7,10,13-14H,8-9,11-12H2,1-2H3,(H,20,22)(H2,23,24,25);3-4H2,1-2H3/t13-,14+;/m1./s1. The second-order valence-electron chi connectivity index (χ2n) is 8.05. The number of benzene rings is 1. The number of carbonyl (C=O) groups is 1. The molecule has 6 nitrogen and oxygen atoms in total. The van der Waals surface area contributed by atoms with Crippen LogP contribution in [0.5, 0.6) is 0 Å². The number of fused-ring (bicyclic) bond motifs is 1. The predicted octanol–water partition coefficient (Wildman–Crippen LogP) is 4.97. The first-order valence-electron chi connectivity index (χ1n) is 10.9. The van der Waals surface area contributed by atoms with Crippen LogP contribution in [-0.4, -0.2) is 39.7 Å². The van der Waals surface area contributed by atoms with Crippen LogP contribution in [0.3, 0.4) is 0 Å². The fourth-order valence-electron chi connectivity index (χ4n) is 3.66. The molecule has 0 radical (unpaired) electrons. The average molecular weight is 467 g/mol. The van der Waals surface area contributed by atoms with E-state index in [1.165, 1.54) is 23.3 Å². The molecule has 172 valence electrons. The third-order valence-corrected chi connectivity index (χ3v) is 7.41. The molecule has 0 bridgehead atoms. The van der Waals surface area contributed by atoms with E-state index in [0.717, 1.165) is 13.0 Å². The van der Waals surface area contributed by atoms with Gasteiger partial charge in [0.05, 0.1) is 6.16 Å². The number of unbranched alkanes of at least 4 members (excludes halogenated alkanes) is 1. The smallest absolute Gasteiger partial charge is 0.329 e. The quantitative estimate of drug-likeness (QED) is 0.501. The van der Waals surface area contributed by atoms with Gasteiger partial charge in [0.1, 0.15) is 0 Å². The van der Waals surface area contributed by atoms with Crippen molar-refractivity contribution < 1.29 is 19.1 Å². The van der Waals surface area contributed by atoms with Crippen molar-refractivity contribution in [3.63, 3.8) is 0 Å². The summed E-state index contributed by atoms with van der Waals surface area (Å²) in [6.07, 6.45) is 3.36. The monoisotopic (exact) mass is 466 g/mol. The molecular weight excluding hydrogens is 431 g/mol. The van der Waals surface area contributed by atoms with Gasteiger partial charge in [-0.15, -0.1) is 11.3 Å². The van der Waals surface area contributed by atoms with E-state index in [4.69, 9.17) is 9.79 Å². The zero-order valence-corrected chi connectivity index (χ0v) is 20.6. The van der Waals surface area contributed by atoms with Gasteiger partial charge in [-0.25, -0.2) is 0 Å². The maximum absolute atomic E-state index is 12.3. The second-order valence-corrected chi connectivity index (χ2v) is 10.6. The van der Waals surface area contributed by atoms with E-state index >= 15 is 0 Å². The van der Waals surface area contributed by atoms with E-state index in [2.05, 4.69) is 49.4 Å². The number of nitrogens with one attached hydrogen (secondary N) is 1. The van der Waals surface area contributed by atoms with Gasteiger partial charge in [0.25, 0.3) is 5.91 Å². The molecule has 1 aromatic carbocycles. The molecule has 2 heterocycles. The summed E-state index contributed by atoms with van der Waals surface area (Å²) in [5.41, 5.74) is 2.45. The van der Waals surface area contributed by atoms with Crippen molar-refractivity contribution in [3.8, 4) is 0 Å². The van der Waals surface area contributed by atoms with Crippen molar-refractivity contribution in [2.24, 2.45) is 0 Å². The van der Waals surface area contributed by atoms with Crippen LogP contribution in [0.15, 0.2) is 35.7 Å². The van der Waals surface area contributed by atoms with Crippen molar-refractivity contribution in [2.75, 3.05) is 13.1 Å². The Hall–Kier alpha value is -1.50. The molecule has 0 spiro atoms. The number of amides is 1. The van der Waals surface area contributed by atoms with Crippen molar-refractivity contribution in [1.82, 2.24) is 10.2 Å². The molecule has 0 unspecified atom stereocenters. The number of nitrogens with zero attached hydrogens (tertiary/aromatic N) is 1. The Morgan fingerprint density at radius 1 is 1.16 bits per heavy atom. The zero-order chi connectivity index (χ0) is 23.0. The van der Waals surface area contributed by atoms with Crippen molar-refractivity contribution in [3.05, 3.63) is 57.3 Å². The summed E-state index contributed by atoms with van der Waals surface area (Å²) >= 11 is 1.80. The van der Waals surface area contributed by atoms with Crippen LogP contribution in [0, 0.1) is 0 Å². The average Bonchev–Trinajstić information content (AvgIpc) is 3.18. The molecule has 0 saturated carbocycles. The molecule has 3 N–H and O–H groups in total. The van der Waals surface area contributed by atoms with E-state index in [9.17, 15) is 9.36 Å². The summed E-state index contributed by atoms with van der Waals surface area (Å²) in [6, 6.07) is 9.37. The van der Waals surface area contributed by atoms with Crippen LogP contribution in [0.4, 0.5) is 0 Å². The van der Waals surface area contributed by atoms with Crippen molar-refractivity contribution >= 4 is 24.8 Å². The molecule has 1 aliphatic heterocycles. The highest BCUT2D eigenvalue weighted by molar-refractivity contribution is 7.50. The van der Waals surface area contributed by atoms with Crippen LogP contribution in [0.1, 0.15) is 72.9 Å². The van der Waals surface area contributed by atoms with Gasteiger partial charge in [-0.1, -0.05) is 38.8 Å². The number of thiophene rings is 1. The Labute approximate surface area is 189 Å². The van der Waals surface area contributed by atoms with Gasteiger partial charge >= 0.3 is 7.60 Å². The highest BCUT2D eigenvalue weighted by Crippen LogP contribution is 2.39. The number of hydrogen-bond acceptors (Lipinski definition) is 4. The van der Waals surface area contributed by atoms with E-state index < -0.39 is 7.60 Å². The van der Waals surface area contributed by atoms with Crippen molar-refractivity contribution in [2.45, 2.75) is 65.2 Å².